The molecule has 0 heterocycles. The second kappa shape index (κ2) is 7.33. The number of rotatable bonds is 2. The van der Waals surface area contributed by atoms with E-state index in [0.29, 0.717) is 0 Å². The van der Waals surface area contributed by atoms with Gasteiger partial charge in [0.1, 0.15) is 0 Å². The zero-order chi connectivity index (χ0) is 12.7. The van der Waals surface area contributed by atoms with Gasteiger partial charge in [0.05, 0.1) is 11.1 Å². The predicted octanol–water partition coefficient (Wildman–Crippen LogP) is 3.07. The molecule has 88 valence electrons. The number of halogens is 3. The highest BCUT2D eigenvalue weighted by Crippen LogP contribution is 2.07. The van der Waals surface area contributed by atoms with E-state index < -0.39 is 16.2 Å². The Bertz CT molecular complexity index is 343. The summed E-state index contributed by atoms with van der Waals surface area (Å²) < 4.78 is -0.750. The summed E-state index contributed by atoms with van der Waals surface area (Å²) in [6.07, 6.45) is 0. The number of aromatic carboxylic acids is 2. The van der Waals surface area contributed by atoms with Crippen molar-refractivity contribution in [1.29, 1.82) is 0 Å². The summed E-state index contributed by atoms with van der Waals surface area (Å²) in [5, 5.41) is 17.1. The van der Waals surface area contributed by atoms with Crippen LogP contribution in [0.5, 0.6) is 0 Å². The number of carboxylic acids is 2. The Morgan fingerprint density at radius 1 is 0.938 bits per heavy atom. The SMILES string of the molecule is ClC(Cl)Cl.O=C(O)c1ccccc1C(=O)O. The Balaban J connectivity index is 0.000000487. The van der Waals surface area contributed by atoms with Crippen molar-refractivity contribution in [1.82, 2.24) is 0 Å². The molecule has 4 nitrogen and oxygen atoms in total. The van der Waals surface area contributed by atoms with Crippen LogP contribution in [0.2, 0.25) is 0 Å². The molecule has 0 spiro atoms. The van der Waals surface area contributed by atoms with Crippen molar-refractivity contribution in [3.05, 3.63) is 35.4 Å². The lowest BCUT2D eigenvalue weighted by molar-refractivity contribution is 0.0651. The molecular formula is C9H7Cl3O4. The minimum atomic E-state index is -1.23. The molecule has 1 rings (SSSR count). The van der Waals surface area contributed by atoms with E-state index in [2.05, 4.69) is 0 Å². The van der Waals surface area contributed by atoms with Crippen LogP contribution < -0.4 is 0 Å². The van der Waals surface area contributed by atoms with Gasteiger partial charge in [-0.2, -0.15) is 0 Å². The molecule has 0 bridgehead atoms. The van der Waals surface area contributed by atoms with Crippen molar-refractivity contribution >= 4 is 46.7 Å². The van der Waals surface area contributed by atoms with Gasteiger partial charge in [0, 0.05) is 0 Å². The van der Waals surface area contributed by atoms with Crippen molar-refractivity contribution in [3.63, 3.8) is 0 Å². The van der Waals surface area contributed by atoms with E-state index in [1.54, 1.807) is 0 Å². The summed E-state index contributed by atoms with van der Waals surface area (Å²) >= 11 is 14.4. The summed E-state index contributed by atoms with van der Waals surface area (Å²) in [6.45, 7) is 0. The lowest BCUT2D eigenvalue weighted by atomic mass is 10.1. The molecule has 0 saturated heterocycles. The first-order chi connectivity index (χ1) is 7.36. The minimum absolute atomic E-state index is 0.190. The van der Waals surface area contributed by atoms with E-state index >= 15 is 0 Å². The van der Waals surface area contributed by atoms with Crippen LogP contribution in [0, 0.1) is 0 Å². The van der Waals surface area contributed by atoms with Gasteiger partial charge in [-0.05, 0) is 12.1 Å². The van der Waals surface area contributed by atoms with Gasteiger partial charge < -0.3 is 10.2 Å². The number of alkyl halides is 3. The molecule has 16 heavy (non-hydrogen) atoms. The third-order valence-corrected chi connectivity index (χ3v) is 1.39. The number of carbonyl (C=O) groups is 2. The average Bonchev–Trinajstić information content (AvgIpc) is 2.16. The topological polar surface area (TPSA) is 74.6 Å². The zero-order valence-electron chi connectivity index (χ0n) is 7.73. The van der Waals surface area contributed by atoms with Gasteiger partial charge >= 0.3 is 11.9 Å². The summed E-state index contributed by atoms with van der Waals surface area (Å²) in [4.78, 5) is 20.9. The fraction of sp³-hybridized carbons (Fsp3) is 0.111. The second-order valence-corrected chi connectivity index (χ2v) is 4.38. The van der Waals surface area contributed by atoms with Gasteiger partial charge in [0.15, 0.2) is 4.30 Å². The lowest BCUT2D eigenvalue weighted by Gasteiger charge is -1.98. The molecule has 0 amide bonds. The van der Waals surface area contributed by atoms with Crippen molar-refractivity contribution < 1.29 is 19.8 Å². The molecule has 0 unspecified atom stereocenters. The standard InChI is InChI=1S/C8H6O4.CHCl3/c9-7(10)5-3-1-2-4-6(5)8(11)12;2-1(3)4/h1-4H,(H,9,10)(H,11,12);1H. The van der Waals surface area contributed by atoms with E-state index in [4.69, 9.17) is 45.0 Å². The van der Waals surface area contributed by atoms with Crippen LogP contribution in [-0.2, 0) is 0 Å². The monoisotopic (exact) mass is 284 g/mol. The first-order valence-electron chi connectivity index (χ1n) is 3.84. The molecule has 0 aliphatic heterocycles. The van der Waals surface area contributed by atoms with Crippen molar-refractivity contribution in [3.8, 4) is 0 Å². The molecule has 0 aliphatic carbocycles. The number of carboxylic acid groups (broad SMARTS) is 2. The highest BCUT2D eigenvalue weighted by atomic mass is 35.6. The number of hydrogen-bond donors (Lipinski definition) is 2. The predicted molar refractivity (Wildman–Crippen MR) is 61.7 cm³/mol. The quantitative estimate of drug-likeness (QED) is 0.819. The fourth-order valence-corrected chi connectivity index (χ4v) is 0.856. The highest BCUT2D eigenvalue weighted by molar-refractivity contribution is 6.63. The summed E-state index contributed by atoms with van der Waals surface area (Å²) in [5.41, 5.74) is -0.380. The maximum atomic E-state index is 10.5. The molecule has 0 aromatic heterocycles. The van der Waals surface area contributed by atoms with Gasteiger partial charge in [-0.15, -0.1) is 0 Å². The molecule has 2 N–H and O–H groups in total. The molecule has 0 aliphatic rings. The normalized spacial score (nSPS) is 9.25. The highest BCUT2D eigenvalue weighted by Gasteiger charge is 2.13. The van der Waals surface area contributed by atoms with Crippen LogP contribution in [0.25, 0.3) is 0 Å². The molecule has 7 heteroatoms. The van der Waals surface area contributed by atoms with Gasteiger partial charge in [0.25, 0.3) is 0 Å². The van der Waals surface area contributed by atoms with E-state index in [-0.39, 0.29) is 11.1 Å². The molecule has 0 fully saturated rings. The van der Waals surface area contributed by atoms with Gasteiger partial charge in [-0.1, -0.05) is 46.9 Å². The number of hydrogen-bond acceptors (Lipinski definition) is 2. The van der Waals surface area contributed by atoms with Crippen LogP contribution in [-0.4, -0.2) is 26.4 Å². The molecule has 0 saturated carbocycles. The van der Waals surface area contributed by atoms with Crippen LogP contribution in [0.4, 0.5) is 0 Å². The van der Waals surface area contributed by atoms with Crippen LogP contribution in [0.1, 0.15) is 20.7 Å². The van der Waals surface area contributed by atoms with Crippen LogP contribution in [0.15, 0.2) is 24.3 Å². The van der Waals surface area contributed by atoms with Crippen LogP contribution in [0.3, 0.4) is 0 Å². The van der Waals surface area contributed by atoms with E-state index in [0.717, 1.165) is 0 Å². The largest absolute Gasteiger partial charge is 0.478 e. The maximum Gasteiger partial charge on any atom is 0.336 e. The molecular weight excluding hydrogens is 278 g/mol. The number of benzene rings is 1. The Morgan fingerprint density at radius 2 is 1.19 bits per heavy atom. The van der Waals surface area contributed by atoms with Crippen molar-refractivity contribution in [2.45, 2.75) is 4.30 Å². The zero-order valence-corrected chi connectivity index (χ0v) is 10.00. The molecule has 0 atom stereocenters. The Kier molecular flexibility index (Phi) is 6.88. The third kappa shape index (κ3) is 5.80. The summed E-state index contributed by atoms with van der Waals surface area (Å²) in [5.74, 6) is -2.46. The molecule has 1 aromatic carbocycles. The van der Waals surface area contributed by atoms with E-state index in [1.807, 2.05) is 0 Å². The Labute approximate surface area is 106 Å². The Morgan fingerprint density at radius 3 is 1.38 bits per heavy atom. The van der Waals surface area contributed by atoms with E-state index in [9.17, 15) is 9.59 Å². The summed E-state index contributed by atoms with van der Waals surface area (Å²) in [7, 11) is 0. The van der Waals surface area contributed by atoms with Crippen LogP contribution >= 0.6 is 34.8 Å². The van der Waals surface area contributed by atoms with Crippen molar-refractivity contribution in [2.75, 3.05) is 0 Å². The summed E-state index contributed by atoms with van der Waals surface area (Å²) in [6, 6.07) is 5.48. The third-order valence-electron chi connectivity index (χ3n) is 1.39. The molecule has 1 aromatic rings. The lowest BCUT2D eigenvalue weighted by Crippen LogP contribution is -2.06. The van der Waals surface area contributed by atoms with Gasteiger partial charge in [-0.3, -0.25) is 0 Å². The maximum absolute atomic E-state index is 10.5. The first kappa shape index (κ1) is 15.0. The van der Waals surface area contributed by atoms with E-state index in [1.165, 1.54) is 24.3 Å². The van der Waals surface area contributed by atoms with Gasteiger partial charge in [-0.25, -0.2) is 9.59 Å². The van der Waals surface area contributed by atoms with Crippen molar-refractivity contribution in [2.24, 2.45) is 0 Å². The first-order valence-corrected chi connectivity index (χ1v) is 5.15. The second-order valence-electron chi connectivity index (χ2n) is 2.40. The molecule has 0 radical (unpaired) electrons. The Hall–Kier alpha value is -0.970. The van der Waals surface area contributed by atoms with Gasteiger partial charge in [0.2, 0.25) is 0 Å². The smallest absolute Gasteiger partial charge is 0.336 e. The minimum Gasteiger partial charge on any atom is -0.478 e. The fourth-order valence-electron chi connectivity index (χ4n) is 0.856. The average molecular weight is 286 g/mol.